The fraction of sp³-hybridized carbons (Fsp3) is 0.304. The number of halogens is 1. The highest BCUT2D eigenvalue weighted by Gasteiger charge is 2.27. The third-order valence-electron chi connectivity index (χ3n) is 4.53. The average Bonchev–Trinajstić information content (AvgIpc) is 2.83. The topological polar surface area (TPSA) is 126 Å². The van der Waals surface area contributed by atoms with E-state index < -0.39 is 24.2 Å². The van der Waals surface area contributed by atoms with Crippen molar-refractivity contribution in [3.05, 3.63) is 70.7 Å². The summed E-state index contributed by atoms with van der Waals surface area (Å²) in [5.41, 5.74) is 2.78. The molecule has 0 saturated carbocycles. The molecule has 33 heavy (non-hydrogen) atoms. The van der Waals surface area contributed by atoms with Crippen LogP contribution in [0.1, 0.15) is 24.5 Å². The van der Waals surface area contributed by atoms with Gasteiger partial charge in [-0.3, -0.25) is 15.3 Å². The van der Waals surface area contributed by atoms with E-state index in [0.29, 0.717) is 29.8 Å². The van der Waals surface area contributed by atoms with Gasteiger partial charge in [0.15, 0.2) is 6.10 Å². The molecule has 0 aliphatic rings. The second kappa shape index (κ2) is 14.3. The zero-order chi connectivity index (χ0) is 24.1. The van der Waals surface area contributed by atoms with Gasteiger partial charge in [-0.1, -0.05) is 34.1 Å². The van der Waals surface area contributed by atoms with Crippen LogP contribution in [-0.2, 0) is 14.3 Å². The van der Waals surface area contributed by atoms with E-state index in [-0.39, 0.29) is 13.2 Å². The summed E-state index contributed by atoms with van der Waals surface area (Å²) in [7, 11) is 1.51. The molecular formula is C23H27BrN2O7. The summed E-state index contributed by atoms with van der Waals surface area (Å²) in [4.78, 5) is 23.8. The van der Waals surface area contributed by atoms with Gasteiger partial charge in [-0.15, -0.1) is 0 Å². The maximum absolute atomic E-state index is 12.6. The minimum atomic E-state index is -0.752. The molecule has 10 heteroatoms. The van der Waals surface area contributed by atoms with Gasteiger partial charge in [0.05, 0.1) is 12.7 Å². The van der Waals surface area contributed by atoms with Crippen LogP contribution in [0.25, 0.3) is 0 Å². The van der Waals surface area contributed by atoms with E-state index in [9.17, 15) is 9.59 Å². The van der Waals surface area contributed by atoms with Crippen LogP contribution in [0.4, 0.5) is 10.5 Å². The summed E-state index contributed by atoms with van der Waals surface area (Å²) < 4.78 is 17.6. The Morgan fingerprint density at radius 2 is 1.82 bits per heavy atom. The fourth-order valence-electron chi connectivity index (χ4n) is 2.95. The van der Waals surface area contributed by atoms with Crippen LogP contribution in [0.15, 0.2) is 65.2 Å². The van der Waals surface area contributed by atoms with E-state index in [0.717, 1.165) is 4.47 Å². The van der Waals surface area contributed by atoms with Crippen molar-refractivity contribution in [3.8, 4) is 5.75 Å². The molecule has 0 unspecified atom stereocenters. The van der Waals surface area contributed by atoms with Crippen molar-refractivity contribution in [1.82, 2.24) is 5.48 Å². The SMILES string of the molecule is CO[C@H](CC/C=C/C(=O)NO)[C@H](OC(=O)Nc1ccc(Br)cc1)c1ccc(OCCO)cc1. The number of nitrogens with one attached hydrogen (secondary N) is 2. The van der Waals surface area contributed by atoms with E-state index in [2.05, 4.69) is 21.2 Å². The quantitative estimate of drug-likeness (QED) is 0.188. The first-order valence-electron chi connectivity index (χ1n) is 10.2. The number of hydroxylamine groups is 1. The number of allylic oxidation sites excluding steroid dienone is 1. The Bertz CT molecular complexity index is 904. The fourth-order valence-corrected chi connectivity index (χ4v) is 3.22. The van der Waals surface area contributed by atoms with Gasteiger partial charge >= 0.3 is 6.09 Å². The lowest BCUT2D eigenvalue weighted by Crippen LogP contribution is -2.28. The summed E-state index contributed by atoms with van der Waals surface area (Å²) in [6.45, 7) is 0.0700. The average molecular weight is 523 g/mol. The van der Waals surface area contributed by atoms with Gasteiger partial charge in [-0.2, -0.15) is 0 Å². The number of rotatable bonds is 12. The monoisotopic (exact) mass is 522 g/mol. The van der Waals surface area contributed by atoms with Gasteiger partial charge in [0, 0.05) is 23.3 Å². The number of benzene rings is 2. The zero-order valence-corrected chi connectivity index (χ0v) is 19.7. The molecule has 2 atom stereocenters. The third kappa shape index (κ3) is 9.22. The van der Waals surface area contributed by atoms with Crippen LogP contribution in [0.2, 0.25) is 0 Å². The predicted octanol–water partition coefficient (Wildman–Crippen LogP) is 3.97. The molecular weight excluding hydrogens is 496 g/mol. The molecule has 0 radical (unpaired) electrons. The molecule has 178 valence electrons. The standard InChI is InChI=1S/C23H27BrN2O7/c1-31-20(4-2-3-5-21(28)26-30)22(16-6-12-19(13-7-16)32-15-14-27)33-23(29)25-18-10-8-17(24)9-11-18/h3,5-13,20,22,27,30H,2,4,14-15H2,1H3,(H,25,29)(H,26,28)/b5-3+/t20-,22-/m1/s1. The van der Waals surface area contributed by atoms with E-state index in [1.54, 1.807) is 54.6 Å². The van der Waals surface area contributed by atoms with Gasteiger partial charge in [-0.05, 0) is 54.8 Å². The van der Waals surface area contributed by atoms with E-state index in [1.807, 2.05) is 0 Å². The van der Waals surface area contributed by atoms with Crippen LogP contribution in [0, 0.1) is 0 Å². The van der Waals surface area contributed by atoms with Crippen LogP contribution in [0.3, 0.4) is 0 Å². The summed E-state index contributed by atoms with van der Waals surface area (Å²) >= 11 is 3.35. The van der Waals surface area contributed by atoms with Gasteiger partial charge in [0.2, 0.25) is 0 Å². The Morgan fingerprint density at radius 3 is 2.42 bits per heavy atom. The number of methoxy groups -OCH3 is 1. The highest BCUT2D eigenvalue weighted by atomic mass is 79.9. The number of carbonyl (C=O) groups is 2. The van der Waals surface area contributed by atoms with Crippen molar-refractivity contribution in [2.75, 3.05) is 25.6 Å². The van der Waals surface area contributed by atoms with Crippen molar-refractivity contribution in [2.24, 2.45) is 0 Å². The molecule has 0 fully saturated rings. The first kappa shape index (κ1) is 26.3. The Hall–Kier alpha value is -2.92. The highest BCUT2D eigenvalue weighted by Crippen LogP contribution is 2.29. The van der Waals surface area contributed by atoms with Gasteiger partial charge in [0.1, 0.15) is 12.4 Å². The second-order valence-corrected chi connectivity index (χ2v) is 7.74. The molecule has 4 N–H and O–H groups in total. The van der Waals surface area contributed by atoms with Crippen LogP contribution in [-0.4, -0.2) is 48.7 Å². The molecule has 0 spiro atoms. The van der Waals surface area contributed by atoms with Crippen molar-refractivity contribution < 1.29 is 34.1 Å². The Morgan fingerprint density at radius 1 is 1.12 bits per heavy atom. The predicted molar refractivity (Wildman–Crippen MR) is 125 cm³/mol. The number of hydrogen-bond acceptors (Lipinski definition) is 7. The molecule has 0 bridgehead atoms. The molecule has 2 amide bonds. The summed E-state index contributed by atoms with van der Waals surface area (Å²) in [6, 6.07) is 14.0. The van der Waals surface area contributed by atoms with Crippen molar-refractivity contribution >= 4 is 33.6 Å². The lowest BCUT2D eigenvalue weighted by molar-refractivity contribution is -0.124. The number of anilines is 1. The number of carbonyl (C=O) groups excluding carboxylic acids is 2. The van der Waals surface area contributed by atoms with Gasteiger partial charge in [0.25, 0.3) is 5.91 Å². The minimum absolute atomic E-state index is 0.0999. The maximum atomic E-state index is 12.6. The molecule has 2 rings (SSSR count). The number of aliphatic hydroxyl groups is 1. The van der Waals surface area contributed by atoms with E-state index >= 15 is 0 Å². The van der Waals surface area contributed by atoms with Crippen LogP contribution >= 0.6 is 15.9 Å². The molecule has 0 aliphatic carbocycles. The summed E-state index contributed by atoms with van der Waals surface area (Å²) in [5, 5.41) is 20.2. The minimum Gasteiger partial charge on any atom is -0.491 e. The lowest BCUT2D eigenvalue weighted by Gasteiger charge is -2.26. The van der Waals surface area contributed by atoms with E-state index in [4.69, 9.17) is 24.5 Å². The van der Waals surface area contributed by atoms with E-state index in [1.165, 1.54) is 18.7 Å². The molecule has 2 aromatic rings. The summed E-state index contributed by atoms with van der Waals surface area (Å²) in [5.74, 6) is -0.0677. The molecule has 0 aliphatic heterocycles. The first-order valence-corrected chi connectivity index (χ1v) is 11.0. The highest BCUT2D eigenvalue weighted by molar-refractivity contribution is 9.10. The molecule has 0 heterocycles. The Balaban J connectivity index is 2.16. The molecule has 9 nitrogen and oxygen atoms in total. The third-order valence-corrected chi connectivity index (χ3v) is 5.06. The number of ether oxygens (including phenoxy) is 3. The first-order chi connectivity index (χ1) is 16.0. The Labute approximate surface area is 200 Å². The summed E-state index contributed by atoms with van der Waals surface area (Å²) in [6.07, 6.45) is 1.74. The van der Waals surface area contributed by atoms with Crippen molar-refractivity contribution in [1.29, 1.82) is 0 Å². The molecule has 2 aromatic carbocycles. The number of amides is 2. The van der Waals surface area contributed by atoms with Crippen molar-refractivity contribution in [2.45, 2.75) is 25.0 Å². The smallest absolute Gasteiger partial charge is 0.412 e. The lowest BCUT2D eigenvalue weighted by atomic mass is 10.00. The number of aliphatic hydroxyl groups excluding tert-OH is 1. The Kier molecular flexibility index (Phi) is 11.4. The largest absolute Gasteiger partial charge is 0.491 e. The zero-order valence-electron chi connectivity index (χ0n) is 18.1. The van der Waals surface area contributed by atoms with Gasteiger partial charge in [-0.25, -0.2) is 10.3 Å². The van der Waals surface area contributed by atoms with Crippen LogP contribution in [0.5, 0.6) is 5.75 Å². The molecule has 0 aromatic heterocycles. The maximum Gasteiger partial charge on any atom is 0.412 e. The van der Waals surface area contributed by atoms with Crippen molar-refractivity contribution in [3.63, 3.8) is 0 Å². The second-order valence-electron chi connectivity index (χ2n) is 6.83. The number of hydrogen-bond donors (Lipinski definition) is 4. The molecule has 0 saturated heterocycles. The van der Waals surface area contributed by atoms with Crippen LogP contribution < -0.4 is 15.5 Å². The normalized spacial score (nSPS) is 12.7. The van der Waals surface area contributed by atoms with Gasteiger partial charge < -0.3 is 19.3 Å².